The number of pyridine rings is 1. The van der Waals surface area contributed by atoms with E-state index in [1.807, 2.05) is 0 Å². The highest BCUT2D eigenvalue weighted by atomic mass is 19.1. The van der Waals surface area contributed by atoms with E-state index in [9.17, 15) is 23.6 Å². The van der Waals surface area contributed by atoms with Crippen LogP contribution in [0.4, 0.5) is 15.9 Å². The maximum atomic E-state index is 14.5. The number of halogens is 1. The Labute approximate surface area is 188 Å². The Balaban J connectivity index is 1.28. The molecule has 0 radical (unpaired) electrons. The first-order valence-electron chi connectivity index (χ1n) is 10.9. The summed E-state index contributed by atoms with van der Waals surface area (Å²) in [5.41, 5.74) is 1.20. The Morgan fingerprint density at radius 3 is 2.67 bits per heavy atom. The average molecular weight is 451 g/mol. The number of hydrogen-bond acceptors (Lipinski definition) is 6. The van der Waals surface area contributed by atoms with Gasteiger partial charge in [0.2, 0.25) is 11.8 Å². The Bertz CT molecular complexity index is 1180. The van der Waals surface area contributed by atoms with Crippen molar-refractivity contribution in [2.24, 2.45) is 0 Å². The van der Waals surface area contributed by atoms with E-state index in [1.54, 1.807) is 6.07 Å². The van der Waals surface area contributed by atoms with Crippen molar-refractivity contribution in [3.05, 3.63) is 53.0 Å². The summed E-state index contributed by atoms with van der Waals surface area (Å²) in [6.07, 6.45) is 4.91. The summed E-state index contributed by atoms with van der Waals surface area (Å²) in [6.45, 7) is 0.152. The second-order valence-corrected chi connectivity index (χ2v) is 8.55. The first kappa shape index (κ1) is 21.0. The molecule has 5 rings (SSSR count). The van der Waals surface area contributed by atoms with Crippen LogP contribution in [0.15, 0.2) is 30.5 Å². The van der Waals surface area contributed by atoms with Crippen molar-refractivity contribution >= 4 is 35.1 Å². The molecule has 1 unspecified atom stereocenters. The molecular formula is C23H22FN5O4. The molecule has 9 nitrogen and oxygen atoms in total. The standard InChI is InChI=1S/C23H22FN5O4/c24-16-9-19(26-14-2-1-3-14)25-10-17(16)27-21(31)12-4-5-15-13(8-12)11-29(23(15)33)18-6-7-20(30)28-22(18)32/h4-5,8-10,14,18H,1-3,6-7,11H2,(H,25,26)(H,27,31)(H,28,30,32). The molecule has 1 saturated carbocycles. The molecule has 0 spiro atoms. The average Bonchev–Trinajstić information content (AvgIpc) is 3.08. The number of nitrogens with zero attached hydrogens (tertiary/aromatic N) is 2. The number of fused-ring (bicyclic) bond motifs is 1. The van der Waals surface area contributed by atoms with Crippen LogP contribution in [0.3, 0.4) is 0 Å². The fourth-order valence-electron chi connectivity index (χ4n) is 4.27. The highest BCUT2D eigenvalue weighted by Crippen LogP contribution is 2.29. The first-order valence-corrected chi connectivity index (χ1v) is 10.9. The number of hydrogen-bond donors (Lipinski definition) is 3. The van der Waals surface area contributed by atoms with Crippen LogP contribution in [-0.4, -0.2) is 45.6 Å². The summed E-state index contributed by atoms with van der Waals surface area (Å²) in [4.78, 5) is 54.6. The maximum absolute atomic E-state index is 14.5. The summed E-state index contributed by atoms with van der Waals surface area (Å²) >= 11 is 0. The molecule has 2 aromatic rings. The minimum atomic E-state index is -0.730. The fourth-order valence-corrected chi connectivity index (χ4v) is 4.27. The van der Waals surface area contributed by atoms with Crippen molar-refractivity contribution in [2.45, 2.75) is 50.7 Å². The molecule has 0 bridgehead atoms. The van der Waals surface area contributed by atoms with E-state index in [0.29, 0.717) is 23.0 Å². The van der Waals surface area contributed by atoms with E-state index in [-0.39, 0.29) is 42.5 Å². The number of imide groups is 1. The molecule has 3 N–H and O–H groups in total. The lowest BCUT2D eigenvalue weighted by atomic mass is 9.93. The molecule has 10 heteroatoms. The number of carbonyl (C=O) groups is 4. The van der Waals surface area contributed by atoms with Crippen LogP contribution >= 0.6 is 0 Å². The smallest absolute Gasteiger partial charge is 0.255 e. The molecular weight excluding hydrogens is 429 g/mol. The highest BCUT2D eigenvalue weighted by molar-refractivity contribution is 6.08. The van der Waals surface area contributed by atoms with Gasteiger partial charge < -0.3 is 15.5 Å². The number of anilines is 2. The third-order valence-corrected chi connectivity index (χ3v) is 6.34. The first-order chi connectivity index (χ1) is 15.9. The zero-order valence-corrected chi connectivity index (χ0v) is 17.7. The van der Waals surface area contributed by atoms with Crippen molar-refractivity contribution in [1.82, 2.24) is 15.2 Å². The SMILES string of the molecule is O=C1CCC(N2Cc3cc(C(=O)Nc4cnc(NC5CCC5)cc4F)ccc3C2=O)C(=O)N1. The third kappa shape index (κ3) is 4.04. The third-order valence-electron chi connectivity index (χ3n) is 6.34. The van der Waals surface area contributed by atoms with Crippen molar-refractivity contribution < 1.29 is 23.6 Å². The summed E-state index contributed by atoms with van der Waals surface area (Å²) in [5, 5.41) is 7.93. The number of nitrogens with one attached hydrogen (secondary N) is 3. The van der Waals surface area contributed by atoms with Crippen molar-refractivity contribution in [3.8, 4) is 0 Å². The Morgan fingerprint density at radius 2 is 1.97 bits per heavy atom. The molecule has 4 amide bonds. The van der Waals surface area contributed by atoms with Gasteiger partial charge in [-0.15, -0.1) is 0 Å². The second kappa shape index (κ2) is 8.27. The quantitative estimate of drug-likeness (QED) is 0.600. The van der Waals surface area contributed by atoms with Gasteiger partial charge in [-0.3, -0.25) is 24.5 Å². The van der Waals surface area contributed by atoms with Crippen LogP contribution in [0.1, 0.15) is 58.4 Å². The molecule has 1 saturated heterocycles. The molecule has 1 atom stereocenters. The molecule has 2 fully saturated rings. The van der Waals surface area contributed by atoms with Crippen LogP contribution in [0.2, 0.25) is 0 Å². The van der Waals surface area contributed by atoms with E-state index in [2.05, 4.69) is 20.9 Å². The van der Waals surface area contributed by atoms with Gasteiger partial charge in [0.1, 0.15) is 11.9 Å². The Hall–Kier alpha value is -3.82. The van der Waals surface area contributed by atoms with E-state index in [1.165, 1.54) is 29.3 Å². The van der Waals surface area contributed by atoms with Crippen LogP contribution in [0, 0.1) is 5.82 Å². The monoisotopic (exact) mass is 451 g/mol. The van der Waals surface area contributed by atoms with Crippen LogP contribution in [-0.2, 0) is 16.1 Å². The summed E-state index contributed by atoms with van der Waals surface area (Å²) in [5.74, 6) is -1.88. The molecule has 1 aromatic carbocycles. The maximum Gasteiger partial charge on any atom is 0.255 e. The van der Waals surface area contributed by atoms with Crippen LogP contribution in [0.25, 0.3) is 0 Å². The lowest BCUT2D eigenvalue weighted by molar-refractivity contribution is -0.136. The summed E-state index contributed by atoms with van der Waals surface area (Å²) < 4.78 is 14.5. The van der Waals surface area contributed by atoms with Gasteiger partial charge in [-0.1, -0.05) is 0 Å². The largest absolute Gasteiger partial charge is 0.367 e. The summed E-state index contributed by atoms with van der Waals surface area (Å²) in [7, 11) is 0. The summed E-state index contributed by atoms with van der Waals surface area (Å²) in [6, 6.07) is 5.41. The predicted molar refractivity (Wildman–Crippen MR) is 116 cm³/mol. The normalized spacial score (nSPS) is 20.2. The minimum Gasteiger partial charge on any atom is -0.367 e. The molecule has 2 aliphatic heterocycles. The van der Waals surface area contributed by atoms with Gasteiger partial charge in [0.15, 0.2) is 5.82 Å². The van der Waals surface area contributed by atoms with Crippen LogP contribution in [0.5, 0.6) is 0 Å². The van der Waals surface area contributed by atoms with E-state index in [0.717, 1.165) is 19.3 Å². The van der Waals surface area contributed by atoms with Gasteiger partial charge in [-0.05, 0) is 49.4 Å². The van der Waals surface area contributed by atoms with E-state index >= 15 is 0 Å². The zero-order chi connectivity index (χ0) is 23.1. The fraction of sp³-hybridized carbons (Fsp3) is 0.348. The Kier molecular flexibility index (Phi) is 5.27. The number of amides is 4. The van der Waals surface area contributed by atoms with Gasteiger partial charge in [0.25, 0.3) is 11.8 Å². The molecule has 1 aliphatic carbocycles. The number of aromatic nitrogens is 1. The van der Waals surface area contributed by atoms with E-state index in [4.69, 9.17) is 0 Å². The highest BCUT2D eigenvalue weighted by Gasteiger charge is 2.39. The lowest BCUT2D eigenvalue weighted by Crippen LogP contribution is -2.52. The molecule has 33 heavy (non-hydrogen) atoms. The molecule has 3 heterocycles. The number of carbonyl (C=O) groups excluding carboxylic acids is 4. The van der Waals surface area contributed by atoms with Crippen LogP contribution < -0.4 is 16.0 Å². The van der Waals surface area contributed by atoms with Crippen molar-refractivity contribution in [2.75, 3.05) is 10.6 Å². The number of piperidine rings is 1. The predicted octanol–water partition coefficient (Wildman–Crippen LogP) is 2.20. The van der Waals surface area contributed by atoms with Gasteiger partial charge in [0.05, 0.1) is 11.9 Å². The topological polar surface area (TPSA) is 120 Å². The Morgan fingerprint density at radius 1 is 1.15 bits per heavy atom. The lowest BCUT2D eigenvalue weighted by Gasteiger charge is -2.29. The molecule has 170 valence electrons. The second-order valence-electron chi connectivity index (χ2n) is 8.55. The molecule has 1 aromatic heterocycles. The zero-order valence-electron chi connectivity index (χ0n) is 17.7. The van der Waals surface area contributed by atoms with E-state index < -0.39 is 23.7 Å². The number of rotatable bonds is 5. The van der Waals surface area contributed by atoms with Crippen molar-refractivity contribution in [3.63, 3.8) is 0 Å². The van der Waals surface area contributed by atoms with Crippen molar-refractivity contribution in [1.29, 1.82) is 0 Å². The van der Waals surface area contributed by atoms with Gasteiger partial charge in [-0.25, -0.2) is 9.37 Å². The van der Waals surface area contributed by atoms with Gasteiger partial charge in [0, 0.05) is 36.2 Å². The van der Waals surface area contributed by atoms with Gasteiger partial charge >= 0.3 is 0 Å². The molecule has 3 aliphatic rings. The van der Waals surface area contributed by atoms with Gasteiger partial charge in [-0.2, -0.15) is 0 Å². The number of benzene rings is 1. The minimum absolute atomic E-state index is 0.0408.